The standard InChI is InChI=1S/C31H29ClN4O2/c1-19(37)22-7-9-26-27(17-22)34-28(35(2)31(26)38)18-36-14-11-20(12-15-36)29-25-10-8-24(32)16-23(25)6-5-21-4-3-13-33-30(21)29/h3-4,7-10,13,16-17H,5-6,11-12,14-15,18H2,1-2H3. The van der Waals surface area contributed by atoms with Crippen molar-refractivity contribution >= 4 is 33.9 Å². The van der Waals surface area contributed by atoms with Crippen LogP contribution in [-0.2, 0) is 26.4 Å². The van der Waals surface area contributed by atoms with E-state index in [-0.39, 0.29) is 11.3 Å². The first-order chi connectivity index (χ1) is 18.4. The lowest BCUT2D eigenvalue weighted by molar-refractivity contribution is 0.101. The van der Waals surface area contributed by atoms with Crippen molar-refractivity contribution in [3.8, 4) is 0 Å². The highest BCUT2D eigenvalue weighted by atomic mass is 35.5. The largest absolute Gasteiger partial charge is 0.298 e. The molecule has 0 atom stereocenters. The number of hydrogen-bond acceptors (Lipinski definition) is 5. The quantitative estimate of drug-likeness (QED) is 0.336. The first-order valence-electron chi connectivity index (χ1n) is 13.1. The van der Waals surface area contributed by atoms with Gasteiger partial charge in [0.25, 0.3) is 5.56 Å². The molecule has 1 aliphatic heterocycles. The summed E-state index contributed by atoms with van der Waals surface area (Å²) < 4.78 is 1.63. The topological polar surface area (TPSA) is 68.1 Å². The van der Waals surface area contributed by atoms with Gasteiger partial charge in [-0.2, -0.15) is 0 Å². The fraction of sp³-hybridized carbons (Fsp3) is 0.290. The number of halogens is 1. The zero-order valence-corrected chi connectivity index (χ0v) is 22.4. The lowest BCUT2D eigenvalue weighted by atomic mass is 9.88. The minimum absolute atomic E-state index is 0.0362. The van der Waals surface area contributed by atoms with Gasteiger partial charge in [0, 0.05) is 42.5 Å². The van der Waals surface area contributed by atoms with Gasteiger partial charge in [-0.3, -0.25) is 24.0 Å². The second kappa shape index (κ2) is 9.93. The van der Waals surface area contributed by atoms with Crippen LogP contribution in [-0.4, -0.2) is 38.3 Å². The number of carbonyl (C=O) groups is 1. The van der Waals surface area contributed by atoms with Crippen LogP contribution in [0.15, 0.2) is 65.1 Å². The highest BCUT2D eigenvalue weighted by Gasteiger charge is 2.25. The number of aryl methyl sites for hydroxylation is 2. The Kier molecular flexibility index (Phi) is 6.46. The molecule has 6 rings (SSSR count). The summed E-state index contributed by atoms with van der Waals surface area (Å²) in [6, 6.07) is 15.6. The van der Waals surface area contributed by atoms with E-state index in [4.69, 9.17) is 21.6 Å². The Morgan fingerprint density at radius 3 is 2.58 bits per heavy atom. The molecule has 1 saturated heterocycles. The normalized spacial score (nSPS) is 15.8. The van der Waals surface area contributed by atoms with Crippen molar-refractivity contribution in [3.05, 3.63) is 109 Å². The molecule has 192 valence electrons. The third kappa shape index (κ3) is 4.48. The molecule has 0 unspecified atom stereocenters. The monoisotopic (exact) mass is 524 g/mol. The molecule has 1 aliphatic carbocycles. The number of carbonyl (C=O) groups excluding carboxylic acids is 1. The van der Waals surface area contributed by atoms with Crippen LogP contribution in [0.2, 0.25) is 5.02 Å². The summed E-state index contributed by atoms with van der Waals surface area (Å²) in [5.41, 5.74) is 8.63. The van der Waals surface area contributed by atoms with Gasteiger partial charge < -0.3 is 0 Å². The van der Waals surface area contributed by atoms with Crippen LogP contribution in [0.5, 0.6) is 0 Å². The summed E-state index contributed by atoms with van der Waals surface area (Å²) in [6.45, 7) is 3.84. The number of fused-ring (bicyclic) bond motifs is 3. The number of rotatable bonds is 3. The molecule has 2 aromatic heterocycles. The van der Waals surface area contributed by atoms with Crippen molar-refractivity contribution in [2.75, 3.05) is 13.1 Å². The van der Waals surface area contributed by atoms with Gasteiger partial charge in [0.2, 0.25) is 0 Å². The van der Waals surface area contributed by atoms with E-state index >= 15 is 0 Å². The molecule has 2 aromatic carbocycles. The minimum atomic E-state index is -0.0867. The van der Waals surface area contributed by atoms with Crippen LogP contribution in [0, 0.1) is 0 Å². The highest BCUT2D eigenvalue weighted by molar-refractivity contribution is 6.30. The number of pyridine rings is 1. The van der Waals surface area contributed by atoms with E-state index in [1.165, 1.54) is 34.8 Å². The van der Waals surface area contributed by atoms with Crippen LogP contribution >= 0.6 is 11.6 Å². The van der Waals surface area contributed by atoms with Crippen molar-refractivity contribution < 1.29 is 4.79 Å². The average Bonchev–Trinajstić information content (AvgIpc) is 3.08. The zero-order valence-electron chi connectivity index (χ0n) is 21.6. The van der Waals surface area contributed by atoms with Crippen LogP contribution in [0.25, 0.3) is 16.5 Å². The zero-order chi connectivity index (χ0) is 26.4. The summed E-state index contributed by atoms with van der Waals surface area (Å²) in [4.78, 5) is 36.9. The Morgan fingerprint density at radius 1 is 1.00 bits per heavy atom. The maximum Gasteiger partial charge on any atom is 0.261 e. The van der Waals surface area contributed by atoms with Crippen molar-refractivity contribution in [1.29, 1.82) is 0 Å². The third-order valence-corrected chi connectivity index (χ3v) is 8.12. The highest BCUT2D eigenvalue weighted by Crippen LogP contribution is 2.38. The van der Waals surface area contributed by atoms with E-state index in [2.05, 4.69) is 23.1 Å². The molecule has 7 heteroatoms. The van der Waals surface area contributed by atoms with Gasteiger partial charge in [-0.25, -0.2) is 4.98 Å². The number of aromatic nitrogens is 3. The second-order valence-electron chi connectivity index (χ2n) is 10.2. The SMILES string of the molecule is CC(=O)c1ccc2c(=O)n(C)c(CN3CCC(=C4c5ccc(Cl)cc5CCc5cccnc54)CC3)nc2c1. The summed E-state index contributed by atoms with van der Waals surface area (Å²) >= 11 is 6.37. The number of benzene rings is 2. The summed E-state index contributed by atoms with van der Waals surface area (Å²) in [5, 5.41) is 1.30. The average molecular weight is 525 g/mol. The molecule has 4 aromatic rings. The van der Waals surface area contributed by atoms with E-state index in [9.17, 15) is 9.59 Å². The van der Waals surface area contributed by atoms with Crippen LogP contribution in [0.4, 0.5) is 0 Å². The lowest BCUT2D eigenvalue weighted by Gasteiger charge is -2.30. The number of nitrogens with zero attached hydrogens (tertiary/aromatic N) is 4. The molecule has 0 radical (unpaired) electrons. The summed E-state index contributed by atoms with van der Waals surface area (Å²) in [6.07, 6.45) is 5.63. The summed E-state index contributed by atoms with van der Waals surface area (Å²) in [7, 11) is 1.77. The minimum Gasteiger partial charge on any atom is -0.298 e. The molecule has 1 fully saturated rings. The molecule has 3 heterocycles. The van der Waals surface area contributed by atoms with E-state index in [1.807, 2.05) is 18.3 Å². The smallest absolute Gasteiger partial charge is 0.261 e. The van der Waals surface area contributed by atoms with Crippen molar-refractivity contribution in [2.45, 2.75) is 39.2 Å². The molecule has 0 spiro atoms. The molecule has 2 aliphatic rings. The van der Waals surface area contributed by atoms with E-state index in [0.29, 0.717) is 28.8 Å². The Balaban J connectivity index is 1.31. The number of piperidine rings is 1. The van der Waals surface area contributed by atoms with E-state index < -0.39 is 0 Å². The fourth-order valence-corrected chi connectivity index (χ4v) is 5.94. The summed E-state index contributed by atoms with van der Waals surface area (Å²) in [5.74, 6) is 0.673. The fourth-order valence-electron chi connectivity index (χ4n) is 5.74. The van der Waals surface area contributed by atoms with Crippen LogP contribution in [0.1, 0.15) is 58.3 Å². The molecule has 0 saturated carbocycles. The van der Waals surface area contributed by atoms with Crippen molar-refractivity contribution in [3.63, 3.8) is 0 Å². The number of ketones is 1. The van der Waals surface area contributed by atoms with Gasteiger partial charge in [-0.05, 0) is 79.6 Å². The van der Waals surface area contributed by atoms with Crippen molar-refractivity contribution in [2.24, 2.45) is 7.05 Å². The van der Waals surface area contributed by atoms with Crippen LogP contribution in [0.3, 0.4) is 0 Å². The Morgan fingerprint density at radius 2 is 1.79 bits per heavy atom. The first-order valence-corrected chi connectivity index (χ1v) is 13.4. The first kappa shape index (κ1) is 24.7. The van der Waals surface area contributed by atoms with Gasteiger partial charge in [0.1, 0.15) is 5.82 Å². The molecule has 0 bridgehead atoms. The number of likely N-dealkylation sites (tertiary alicyclic amines) is 1. The molecular weight excluding hydrogens is 496 g/mol. The van der Waals surface area contributed by atoms with E-state index in [0.717, 1.165) is 49.5 Å². The maximum absolute atomic E-state index is 13.0. The van der Waals surface area contributed by atoms with Gasteiger partial charge in [0.15, 0.2) is 5.78 Å². The van der Waals surface area contributed by atoms with Crippen LogP contribution < -0.4 is 5.56 Å². The molecule has 38 heavy (non-hydrogen) atoms. The number of hydrogen-bond donors (Lipinski definition) is 0. The third-order valence-electron chi connectivity index (χ3n) is 7.88. The second-order valence-corrected chi connectivity index (χ2v) is 10.7. The predicted octanol–water partition coefficient (Wildman–Crippen LogP) is 5.38. The Bertz CT molecular complexity index is 1680. The van der Waals surface area contributed by atoms with Gasteiger partial charge in [-0.15, -0.1) is 0 Å². The van der Waals surface area contributed by atoms with E-state index in [1.54, 1.807) is 29.8 Å². The van der Waals surface area contributed by atoms with Gasteiger partial charge >= 0.3 is 0 Å². The van der Waals surface area contributed by atoms with Gasteiger partial charge in [0.05, 0.1) is 23.1 Å². The molecule has 6 nitrogen and oxygen atoms in total. The molecule has 0 N–H and O–H groups in total. The lowest BCUT2D eigenvalue weighted by Crippen LogP contribution is -2.34. The Labute approximate surface area is 226 Å². The number of Topliss-reactive ketones (excluding diaryl/α,β-unsaturated/α-hetero) is 1. The molecule has 0 amide bonds. The van der Waals surface area contributed by atoms with Crippen molar-refractivity contribution in [1.82, 2.24) is 19.4 Å². The van der Waals surface area contributed by atoms with Gasteiger partial charge in [-0.1, -0.05) is 35.4 Å². The molecular formula is C31H29ClN4O2. The predicted molar refractivity (Wildman–Crippen MR) is 151 cm³/mol. The Hall–Kier alpha value is -3.61. The maximum atomic E-state index is 13.0.